The molecule has 19 rings (SSSR count). The molecular formula is C84H53BN4O. The highest BCUT2D eigenvalue weighted by molar-refractivity contribution is 7.00. The van der Waals surface area contributed by atoms with Gasteiger partial charge in [0.05, 0.1) is 39.1 Å². The molecule has 5 nitrogen and oxygen atoms in total. The highest BCUT2D eigenvalue weighted by Crippen LogP contribution is 2.56. The normalized spacial score (nSPS) is 12.7. The third kappa shape index (κ3) is 7.46. The van der Waals surface area contributed by atoms with Gasteiger partial charge in [-0.2, -0.15) is 0 Å². The summed E-state index contributed by atoms with van der Waals surface area (Å²) in [6.45, 7) is -0.283. The molecule has 418 valence electrons. The zero-order valence-corrected chi connectivity index (χ0v) is 48.9. The lowest BCUT2D eigenvalue weighted by Crippen LogP contribution is -2.61. The first kappa shape index (κ1) is 50.3. The number of aromatic nitrogens is 2. The van der Waals surface area contributed by atoms with Crippen LogP contribution in [0.4, 0.5) is 34.1 Å². The lowest BCUT2D eigenvalue weighted by molar-refractivity contribution is 0.486. The van der Waals surface area contributed by atoms with Crippen LogP contribution >= 0.6 is 0 Å². The predicted molar refractivity (Wildman–Crippen MR) is 376 cm³/mol. The van der Waals surface area contributed by atoms with Crippen LogP contribution < -0.4 is 30.9 Å². The van der Waals surface area contributed by atoms with Crippen molar-refractivity contribution in [3.8, 4) is 78.5 Å². The summed E-state index contributed by atoms with van der Waals surface area (Å²) in [7, 11) is 0. The van der Waals surface area contributed by atoms with E-state index in [0.29, 0.717) is 0 Å². The number of hydrogen-bond acceptors (Lipinski definition) is 3. The van der Waals surface area contributed by atoms with Crippen molar-refractivity contribution in [1.82, 2.24) is 9.13 Å². The number of para-hydroxylation sites is 8. The largest absolute Gasteiger partial charge is 0.456 e. The topological polar surface area (TPSA) is 25.6 Å². The Morgan fingerprint density at radius 3 is 1.22 bits per heavy atom. The molecule has 6 heteroatoms. The zero-order chi connectivity index (χ0) is 59.0. The first-order chi connectivity index (χ1) is 44.7. The molecule has 3 aliphatic rings. The quantitative estimate of drug-likeness (QED) is 0.155. The van der Waals surface area contributed by atoms with Gasteiger partial charge in [-0.05, 0) is 111 Å². The van der Waals surface area contributed by atoms with Gasteiger partial charge in [-0.1, -0.05) is 249 Å². The first-order valence-corrected chi connectivity index (χ1v) is 31.0. The minimum Gasteiger partial charge on any atom is -0.456 e. The van der Waals surface area contributed by atoms with Gasteiger partial charge in [-0.25, -0.2) is 0 Å². The fourth-order valence-corrected chi connectivity index (χ4v) is 15.3. The summed E-state index contributed by atoms with van der Waals surface area (Å²) >= 11 is 0. The second-order valence-electron chi connectivity index (χ2n) is 23.9. The molecule has 0 N–H and O–H groups in total. The fraction of sp³-hybridized carbons (Fsp3) is 0. The SMILES string of the molecule is c1ccc(-c2cc3c4c(c2)-c2ccccc2Oc2ccccc2-c2ccccc2N4c2cc(-n4c5ccccc5c5ccccc54)cc4c2B3c2ccc(-n3c5ccccc5c5ccccc53)cc2N4c2c(-c3ccccc3)cccc2-c2ccccc2)cc1. The molecule has 0 amide bonds. The molecule has 2 aromatic heterocycles. The summed E-state index contributed by atoms with van der Waals surface area (Å²) in [4.78, 5) is 5.31. The van der Waals surface area contributed by atoms with Crippen molar-refractivity contribution in [2.75, 3.05) is 9.80 Å². The van der Waals surface area contributed by atoms with Crippen LogP contribution in [0.5, 0.6) is 11.5 Å². The minimum absolute atomic E-state index is 0.283. The smallest absolute Gasteiger partial charge is 0.252 e. The average molecular weight is 1150 g/mol. The Bertz CT molecular complexity index is 5450. The highest BCUT2D eigenvalue weighted by Gasteiger charge is 2.47. The molecule has 0 fully saturated rings. The van der Waals surface area contributed by atoms with Gasteiger partial charge in [0.25, 0.3) is 6.71 Å². The second kappa shape index (κ2) is 19.8. The van der Waals surface area contributed by atoms with Crippen molar-refractivity contribution in [2.45, 2.75) is 0 Å². The third-order valence-corrected chi connectivity index (χ3v) is 19.1. The summed E-state index contributed by atoms with van der Waals surface area (Å²) in [5.41, 5.74) is 27.8. The van der Waals surface area contributed by atoms with Crippen molar-refractivity contribution in [1.29, 1.82) is 0 Å². The van der Waals surface area contributed by atoms with E-state index < -0.39 is 0 Å². The van der Waals surface area contributed by atoms with E-state index in [9.17, 15) is 0 Å². The Morgan fingerprint density at radius 1 is 0.244 bits per heavy atom. The number of anilines is 6. The Hall–Kier alpha value is -11.9. The summed E-state index contributed by atoms with van der Waals surface area (Å²) in [6.07, 6.45) is 0. The van der Waals surface area contributed by atoms with Crippen LogP contribution in [0.2, 0.25) is 0 Å². The predicted octanol–water partition coefficient (Wildman–Crippen LogP) is 20.4. The molecule has 16 aromatic rings. The van der Waals surface area contributed by atoms with Crippen LogP contribution in [0, 0.1) is 0 Å². The Morgan fingerprint density at radius 2 is 0.667 bits per heavy atom. The van der Waals surface area contributed by atoms with Crippen LogP contribution in [0.15, 0.2) is 322 Å². The summed E-state index contributed by atoms with van der Waals surface area (Å²) in [6, 6.07) is 119. The molecule has 0 radical (unpaired) electrons. The van der Waals surface area contributed by atoms with E-state index in [1.807, 2.05) is 0 Å². The van der Waals surface area contributed by atoms with E-state index in [4.69, 9.17) is 4.74 Å². The van der Waals surface area contributed by atoms with E-state index in [1.54, 1.807) is 0 Å². The van der Waals surface area contributed by atoms with Crippen molar-refractivity contribution >= 4 is 101 Å². The molecule has 3 aliphatic heterocycles. The number of rotatable bonds is 6. The molecule has 14 aromatic carbocycles. The van der Waals surface area contributed by atoms with E-state index >= 15 is 0 Å². The van der Waals surface area contributed by atoms with Gasteiger partial charge in [0.1, 0.15) is 11.5 Å². The molecule has 5 heterocycles. The molecule has 0 bridgehead atoms. The molecule has 0 saturated heterocycles. The molecule has 0 unspecified atom stereocenters. The number of ether oxygens (including phenoxy) is 1. The summed E-state index contributed by atoms with van der Waals surface area (Å²) in [5.74, 6) is 1.58. The van der Waals surface area contributed by atoms with Gasteiger partial charge in [0, 0.05) is 83.4 Å². The van der Waals surface area contributed by atoms with E-state index in [0.717, 1.165) is 135 Å². The lowest BCUT2D eigenvalue weighted by Gasteiger charge is -2.46. The van der Waals surface area contributed by atoms with Gasteiger partial charge in [-0.3, -0.25) is 0 Å². The maximum Gasteiger partial charge on any atom is 0.252 e. The van der Waals surface area contributed by atoms with Crippen molar-refractivity contribution < 1.29 is 4.74 Å². The van der Waals surface area contributed by atoms with Crippen LogP contribution in [0.3, 0.4) is 0 Å². The maximum absolute atomic E-state index is 7.30. The van der Waals surface area contributed by atoms with Crippen molar-refractivity contribution in [3.05, 3.63) is 322 Å². The van der Waals surface area contributed by atoms with E-state index in [1.165, 1.54) is 37.9 Å². The molecule has 0 saturated carbocycles. The molecular weight excluding hydrogens is 1090 g/mol. The van der Waals surface area contributed by atoms with Crippen LogP contribution in [-0.4, -0.2) is 15.8 Å². The molecule has 0 spiro atoms. The summed E-state index contributed by atoms with van der Waals surface area (Å²) < 4.78 is 12.3. The van der Waals surface area contributed by atoms with Crippen LogP contribution in [-0.2, 0) is 0 Å². The van der Waals surface area contributed by atoms with Gasteiger partial charge >= 0.3 is 0 Å². The van der Waals surface area contributed by atoms with Gasteiger partial charge in [0.2, 0.25) is 0 Å². The van der Waals surface area contributed by atoms with Crippen LogP contribution in [0.25, 0.3) is 111 Å². The third-order valence-electron chi connectivity index (χ3n) is 19.1. The van der Waals surface area contributed by atoms with Gasteiger partial charge < -0.3 is 23.7 Å². The number of hydrogen-bond donors (Lipinski definition) is 0. The number of benzene rings is 14. The first-order valence-electron chi connectivity index (χ1n) is 31.0. The van der Waals surface area contributed by atoms with Crippen LogP contribution in [0.1, 0.15) is 0 Å². The standard InChI is InChI=1S/C84H53BN4O/c1-4-25-54(26-5-1)57-49-69-68-37-16-23-46-81(68)90-80-45-22-15-36-67(80)66-35-14-21-44-76(66)88-78-52-59(87-74-42-19-12-33-64(74)65-34-13-20-43-75(65)87)53-79-82(78)85(71(50-57)84(69)88)70-48-47-58(86-72-40-17-10-31-62(72)63-32-11-18-41-73(63)86)51-77(70)89(79)83-60(55-27-6-2-7-28-55)38-24-39-61(83)56-29-8-3-9-30-56/h1-53H. The molecule has 90 heavy (non-hydrogen) atoms. The Balaban J connectivity index is 1.03. The maximum atomic E-state index is 7.30. The van der Waals surface area contributed by atoms with Crippen molar-refractivity contribution in [2.24, 2.45) is 0 Å². The molecule has 0 atom stereocenters. The minimum atomic E-state index is -0.283. The number of fused-ring (bicyclic) bond motifs is 16. The zero-order valence-electron chi connectivity index (χ0n) is 48.9. The average Bonchev–Trinajstić information content (AvgIpc) is 1.26. The monoisotopic (exact) mass is 1140 g/mol. The Labute approximate surface area is 521 Å². The van der Waals surface area contributed by atoms with Gasteiger partial charge in [0.15, 0.2) is 0 Å². The van der Waals surface area contributed by atoms with E-state index in [2.05, 4.69) is 340 Å². The van der Waals surface area contributed by atoms with E-state index in [-0.39, 0.29) is 6.71 Å². The Kier molecular flexibility index (Phi) is 11.1. The molecule has 0 aliphatic carbocycles. The fourth-order valence-electron chi connectivity index (χ4n) is 15.3. The second-order valence-corrected chi connectivity index (χ2v) is 23.9. The number of nitrogens with zero attached hydrogens (tertiary/aromatic N) is 4. The van der Waals surface area contributed by atoms with Crippen molar-refractivity contribution in [3.63, 3.8) is 0 Å². The van der Waals surface area contributed by atoms with Gasteiger partial charge in [-0.15, -0.1) is 0 Å². The summed E-state index contributed by atoms with van der Waals surface area (Å²) in [5, 5.41) is 4.85. The highest BCUT2D eigenvalue weighted by atomic mass is 16.5. The lowest BCUT2D eigenvalue weighted by atomic mass is 9.33.